The second-order valence-corrected chi connectivity index (χ2v) is 8.79. The molecule has 7 rings (SSSR count). The Hall–Kier alpha value is -2.43. The van der Waals surface area contributed by atoms with Gasteiger partial charge in [0, 0.05) is 11.8 Å². The van der Waals surface area contributed by atoms with E-state index in [2.05, 4.69) is 12.2 Å². The number of imide groups is 1. The summed E-state index contributed by atoms with van der Waals surface area (Å²) in [5.41, 5.74) is 0.242. The van der Waals surface area contributed by atoms with E-state index < -0.39 is 0 Å². The second kappa shape index (κ2) is 5.34. The SMILES string of the molecule is CCOC1=NC23CCCCC12C1C=CC3C2C(=O)N(c3ccccc3)C(=O)C21. The minimum absolute atomic E-state index is 0.00262. The lowest BCUT2D eigenvalue weighted by molar-refractivity contribution is -0.144. The molecule has 1 aromatic carbocycles. The van der Waals surface area contributed by atoms with Gasteiger partial charge in [-0.3, -0.25) is 14.5 Å². The van der Waals surface area contributed by atoms with Crippen LogP contribution in [0.2, 0.25) is 0 Å². The summed E-state index contributed by atoms with van der Waals surface area (Å²) < 4.78 is 5.98. The topological polar surface area (TPSA) is 59.0 Å². The fourth-order valence-corrected chi connectivity index (χ4v) is 7.05. The fraction of sp³-hybridized carbons (Fsp3) is 0.522. The molecule has 5 nitrogen and oxygen atoms in total. The molecule has 6 aliphatic rings. The Morgan fingerprint density at radius 1 is 1.04 bits per heavy atom. The van der Waals surface area contributed by atoms with Gasteiger partial charge in [0.1, 0.15) is 0 Å². The van der Waals surface area contributed by atoms with Gasteiger partial charge in [-0.25, -0.2) is 4.99 Å². The molecular formula is C23H24N2O3. The molecule has 0 aromatic heterocycles. The van der Waals surface area contributed by atoms with Crippen LogP contribution in [0.15, 0.2) is 47.5 Å². The number of carbonyl (C=O) groups excluding carboxylic acids is 2. The highest BCUT2D eigenvalue weighted by atomic mass is 16.5. The van der Waals surface area contributed by atoms with Gasteiger partial charge in [-0.2, -0.15) is 0 Å². The van der Waals surface area contributed by atoms with Crippen molar-refractivity contribution in [2.45, 2.75) is 38.1 Å². The quantitative estimate of drug-likeness (QED) is 0.587. The molecule has 28 heavy (non-hydrogen) atoms. The molecule has 2 amide bonds. The molecule has 4 aliphatic carbocycles. The van der Waals surface area contributed by atoms with Crippen LogP contribution in [0, 0.1) is 29.1 Å². The van der Waals surface area contributed by atoms with Gasteiger partial charge < -0.3 is 4.74 Å². The highest BCUT2D eigenvalue weighted by Crippen LogP contribution is 2.72. The average Bonchev–Trinajstić information content (AvgIpc) is 2.98. The van der Waals surface area contributed by atoms with E-state index in [-0.39, 0.29) is 46.4 Å². The number of carbonyl (C=O) groups is 2. The molecule has 5 heteroatoms. The maximum Gasteiger partial charge on any atom is 0.238 e. The molecule has 144 valence electrons. The number of allylic oxidation sites excluding steroid dienone is 1. The van der Waals surface area contributed by atoms with Crippen LogP contribution in [0.25, 0.3) is 0 Å². The fourth-order valence-electron chi connectivity index (χ4n) is 7.05. The lowest BCUT2D eigenvalue weighted by Gasteiger charge is -2.69. The number of para-hydroxylation sites is 1. The van der Waals surface area contributed by atoms with Crippen LogP contribution >= 0.6 is 0 Å². The summed E-state index contributed by atoms with van der Waals surface area (Å²) >= 11 is 0. The first-order chi connectivity index (χ1) is 13.7. The number of amides is 2. The number of nitrogens with zero attached hydrogens (tertiary/aromatic N) is 2. The van der Waals surface area contributed by atoms with E-state index in [1.807, 2.05) is 37.3 Å². The van der Waals surface area contributed by atoms with Crippen molar-refractivity contribution in [3.63, 3.8) is 0 Å². The number of hydrogen-bond donors (Lipinski definition) is 0. The Balaban J connectivity index is 1.49. The summed E-state index contributed by atoms with van der Waals surface area (Å²) in [6.07, 6.45) is 8.67. The van der Waals surface area contributed by atoms with E-state index in [1.54, 1.807) is 0 Å². The van der Waals surface area contributed by atoms with Crippen molar-refractivity contribution in [3.8, 4) is 0 Å². The van der Waals surface area contributed by atoms with Crippen LogP contribution in [0.3, 0.4) is 0 Å². The number of rotatable bonds is 2. The molecule has 2 heterocycles. The minimum Gasteiger partial charge on any atom is -0.481 e. The van der Waals surface area contributed by atoms with Gasteiger partial charge in [-0.15, -0.1) is 0 Å². The Bertz CT molecular complexity index is 938. The van der Waals surface area contributed by atoms with Gasteiger partial charge in [-0.05, 0) is 31.9 Å². The normalized spacial score (nSPS) is 42.5. The highest BCUT2D eigenvalue weighted by molar-refractivity contribution is 6.23. The van der Waals surface area contributed by atoms with Gasteiger partial charge in [0.15, 0.2) is 5.90 Å². The Morgan fingerprint density at radius 2 is 1.71 bits per heavy atom. The summed E-state index contributed by atoms with van der Waals surface area (Å²) in [6, 6.07) is 9.36. The third-order valence-corrected chi connectivity index (χ3v) is 7.95. The average molecular weight is 376 g/mol. The van der Waals surface area contributed by atoms with E-state index in [4.69, 9.17) is 9.73 Å². The van der Waals surface area contributed by atoms with Crippen LogP contribution in [-0.2, 0) is 14.3 Å². The molecule has 1 saturated heterocycles. The molecule has 0 spiro atoms. The minimum atomic E-state index is -0.292. The molecule has 1 aromatic rings. The van der Waals surface area contributed by atoms with E-state index in [1.165, 1.54) is 4.90 Å². The number of anilines is 1. The zero-order chi connectivity index (χ0) is 19.1. The Morgan fingerprint density at radius 3 is 2.46 bits per heavy atom. The smallest absolute Gasteiger partial charge is 0.238 e. The van der Waals surface area contributed by atoms with Crippen molar-refractivity contribution in [2.75, 3.05) is 11.5 Å². The van der Waals surface area contributed by atoms with Crippen LogP contribution in [-0.4, -0.2) is 29.9 Å². The summed E-state index contributed by atoms with van der Waals surface area (Å²) in [5.74, 6) is 0.168. The maximum absolute atomic E-state index is 13.5. The van der Waals surface area contributed by atoms with Crippen LogP contribution < -0.4 is 4.90 Å². The van der Waals surface area contributed by atoms with Crippen LogP contribution in [0.1, 0.15) is 32.6 Å². The maximum atomic E-state index is 13.5. The van der Waals surface area contributed by atoms with Gasteiger partial charge in [0.05, 0.1) is 35.1 Å². The monoisotopic (exact) mass is 376 g/mol. The number of benzene rings is 1. The van der Waals surface area contributed by atoms with Gasteiger partial charge in [0.2, 0.25) is 11.8 Å². The first-order valence-electron chi connectivity index (χ1n) is 10.5. The van der Waals surface area contributed by atoms with E-state index >= 15 is 0 Å². The number of hydrogen-bond acceptors (Lipinski definition) is 4. The Labute approximate surface area is 164 Å². The summed E-state index contributed by atoms with van der Waals surface area (Å²) in [4.78, 5) is 33.5. The van der Waals surface area contributed by atoms with Gasteiger partial charge in [0.25, 0.3) is 0 Å². The first-order valence-corrected chi connectivity index (χ1v) is 10.5. The van der Waals surface area contributed by atoms with Crippen molar-refractivity contribution in [1.29, 1.82) is 0 Å². The predicted molar refractivity (Wildman–Crippen MR) is 105 cm³/mol. The van der Waals surface area contributed by atoms with Gasteiger partial charge >= 0.3 is 0 Å². The lowest BCUT2D eigenvalue weighted by Crippen LogP contribution is -2.75. The molecule has 2 bridgehead atoms. The largest absolute Gasteiger partial charge is 0.481 e. The van der Waals surface area contributed by atoms with Gasteiger partial charge in [-0.1, -0.05) is 43.2 Å². The van der Waals surface area contributed by atoms with Crippen LogP contribution in [0.4, 0.5) is 5.69 Å². The Kier molecular flexibility index (Phi) is 3.15. The second-order valence-electron chi connectivity index (χ2n) is 8.79. The molecule has 2 saturated carbocycles. The predicted octanol–water partition coefficient (Wildman–Crippen LogP) is 3.36. The lowest BCUT2D eigenvalue weighted by atomic mass is 9.37. The molecule has 6 unspecified atom stereocenters. The van der Waals surface area contributed by atoms with E-state index in [9.17, 15) is 9.59 Å². The third kappa shape index (κ3) is 1.60. The van der Waals surface area contributed by atoms with Crippen molar-refractivity contribution in [2.24, 2.45) is 34.1 Å². The van der Waals surface area contributed by atoms with Crippen molar-refractivity contribution >= 4 is 23.4 Å². The number of aliphatic imine (C=N–C) groups is 1. The van der Waals surface area contributed by atoms with Crippen molar-refractivity contribution < 1.29 is 14.3 Å². The van der Waals surface area contributed by atoms with Crippen LogP contribution in [0.5, 0.6) is 0 Å². The molecule has 2 aliphatic heterocycles. The summed E-state index contributed by atoms with van der Waals surface area (Å²) in [6.45, 7) is 2.58. The zero-order valence-corrected chi connectivity index (χ0v) is 16.0. The molecular weight excluding hydrogens is 352 g/mol. The molecule has 0 N–H and O–H groups in total. The van der Waals surface area contributed by atoms with Crippen molar-refractivity contribution in [3.05, 3.63) is 42.5 Å². The first kappa shape index (κ1) is 16.5. The third-order valence-electron chi connectivity index (χ3n) is 7.95. The zero-order valence-electron chi connectivity index (χ0n) is 16.0. The molecule has 0 radical (unpaired) electrons. The van der Waals surface area contributed by atoms with E-state index in [0.717, 1.165) is 31.6 Å². The molecule has 6 atom stereocenters. The molecule has 3 fully saturated rings. The van der Waals surface area contributed by atoms with Crippen molar-refractivity contribution in [1.82, 2.24) is 0 Å². The standard InChI is InChI=1S/C23H24N2O3/c1-2-28-21-22-12-6-7-13-23(22,24-21)16-11-10-15(22)17-18(16)20(27)25(19(17)26)14-8-4-3-5-9-14/h3-5,8-11,15-18H,2,6-7,12-13H2,1H3. The summed E-state index contributed by atoms with van der Waals surface area (Å²) in [5, 5.41) is 0. The number of ether oxygens (including phenoxy) is 1. The van der Waals surface area contributed by atoms with E-state index in [0.29, 0.717) is 12.3 Å². The summed E-state index contributed by atoms with van der Waals surface area (Å²) in [7, 11) is 0. The highest BCUT2D eigenvalue weighted by Gasteiger charge is 2.79.